The molecule has 0 radical (unpaired) electrons. The maximum absolute atomic E-state index is 11.5. The second-order valence-electron chi connectivity index (χ2n) is 16.8. The Kier molecular flexibility index (Phi) is 18.8. The number of hydrogen-bond donors (Lipinski definition) is 19. The molecule has 0 aromatic carbocycles. The topological polar surface area (TPSA) is 492 Å². The van der Waals surface area contributed by atoms with Gasteiger partial charge in [0.05, 0.1) is 45.2 Å². The average molecular weight is 974 g/mol. The molecule has 0 aromatic rings. The predicted octanol–water partition coefficient (Wildman–Crippen LogP) is -13.1. The van der Waals surface area contributed by atoms with Gasteiger partial charge in [0.25, 0.3) is 0 Å². The van der Waals surface area contributed by atoms with Crippen LogP contribution in [0.25, 0.3) is 0 Å². The highest BCUT2D eigenvalue weighted by Gasteiger charge is 2.57. The van der Waals surface area contributed by atoms with E-state index in [-0.39, 0.29) is 0 Å². The van der Waals surface area contributed by atoms with E-state index in [9.17, 15) is 91.9 Å². The minimum Gasteiger partial charge on any atom is -0.394 e. The van der Waals surface area contributed by atoms with Crippen molar-refractivity contribution in [1.29, 1.82) is 0 Å². The van der Waals surface area contributed by atoms with Crippen LogP contribution in [0.4, 0.5) is 0 Å². The fourth-order valence-corrected chi connectivity index (χ4v) is 8.49. The Morgan fingerprint density at radius 3 is 1.27 bits per heavy atom. The van der Waals surface area contributed by atoms with Crippen LogP contribution in [0.5, 0.6) is 0 Å². The molecule has 0 aliphatic carbocycles. The van der Waals surface area contributed by atoms with Gasteiger partial charge in [0.1, 0.15) is 134 Å². The Balaban J connectivity index is 1.18. The van der Waals surface area contributed by atoms with Crippen molar-refractivity contribution in [2.24, 2.45) is 5.73 Å². The normalized spacial score (nSPS) is 54.0. The third kappa shape index (κ3) is 10.8. The van der Waals surface area contributed by atoms with Crippen molar-refractivity contribution in [1.82, 2.24) is 0 Å². The minimum atomic E-state index is -2.15. The number of aliphatic hydroxyl groups excluding tert-OH is 18. The zero-order valence-corrected chi connectivity index (χ0v) is 35.0. The molecule has 386 valence electrons. The Hall–Kier alpha value is -1.20. The highest BCUT2D eigenvalue weighted by molar-refractivity contribution is 5.00. The standard InChI is InChI=1S/C36H63NO29/c1-7-14(43)18(47)23(52)33(56-7)66-30-19(48)15(44)8(2-38)60-36(30)64-28-13(37)32(58-9(3-39)16(28)45)65-29-17(46)10(4-40)59-35(25(29)54)63-27-12(6-42)61-34(24(53)21(27)50)62-26-11(5-41)57-31(55)22(51)20(26)49/h7-36,38-55H,2-6,37H2,1H3/t7?,8?,9?,10?,11?,12?,13?,14-,15-,16-,17-,18+,19-,20+,21+,22?,23?,24?,25+,26-,27-,28+,29?,30?,31+,32-,33-,34-,35-,36-/m0/s1. The lowest BCUT2D eigenvalue weighted by molar-refractivity contribution is -0.392. The summed E-state index contributed by atoms with van der Waals surface area (Å²) < 4.78 is 61.8. The molecule has 66 heavy (non-hydrogen) atoms. The molecule has 12 unspecified atom stereocenters. The van der Waals surface area contributed by atoms with Gasteiger partial charge >= 0.3 is 0 Å². The van der Waals surface area contributed by atoms with Crippen LogP contribution >= 0.6 is 0 Å². The molecule has 6 rings (SSSR count). The summed E-state index contributed by atoms with van der Waals surface area (Å²) in [5.74, 6) is 0. The van der Waals surface area contributed by atoms with Gasteiger partial charge in [0.15, 0.2) is 37.7 Å². The van der Waals surface area contributed by atoms with Crippen molar-refractivity contribution in [3.63, 3.8) is 0 Å². The SMILES string of the molecule is CC1O[C@@H](OC2[C@H](O[C@@H]3C(N)[C@H](OC4[C@@H](O)C(CO)O[C@@H](O[C@H]5C(CO)O[C@@H](O[C@H]6C(CO)O[C@@H](O)C(O)[C@H]6O)C(O)[C@H]5O)[C@@H]4O)OC(CO)[C@@H]3O)OC(CO)[C@H](O)[C@@H]2O)C(O)[C@H](O)[C@H]1O. The minimum absolute atomic E-state index is 0.860. The van der Waals surface area contributed by atoms with Crippen molar-refractivity contribution in [3.05, 3.63) is 0 Å². The molecule has 6 aliphatic rings. The van der Waals surface area contributed by atoms with E-state index in [0.717, 1.165) is 0 Å². The first-order valence-corrected chi connectivity index (χ1v) is 21.1. The quantitative estimate of drug-likeness (QED) is 0.0724. The lowest BCUT2D eigenvalue weighted by Crippen LogP contribution is -2.69. The van der Waals surface area contributed by atoms with Crippen molar-refractivity contribution in [2.45, 2.75) is 191 Å². The summed E-state index contributed by atoms with van der Waals surface area (Å²) in [7, 11) is 0. The molecular weight excluding hydrogens is 910 g/mol. The largest absolute Gasteiger partial charge is 0.394 e. The molecule has 0 amide bonds. The van der Waals surface area contributed by atoms with Crippen LogP contribution in [0, 0.1) is 0 Å². The lowest BCUT2D eigenvalue weighted by Gasteiger charge is -2.50. The molecule has 0 saturated carbocycles. The van der Waals surface area contributed by atoms with Gasteiger partial charge in [-0.25, -0.2) is 0 Å². The van der Waals surface area contributed by atoms with Crippen LogP contribution in [0.2, 0.25) is 0 Å². The molecule has 0 bridgehead atoms. The summed E-state index contributed by atoms with van der Waals surface area (Å²) in [5, 5.41) is 190. The molecule has 6 saturated heterocycles. The van der Waals surface area contributed by atoms with Gasteiger partial charge in [0, 0.05) is 0 Å². The second-order valence-corrected chi connectivity index (χ2v) is 16.8. The van der Waals surface area contributed by atoms with Crippen LogP contribution < -0.4 is 5.73 Å². The monoisotopic (exact) mass is 973 g/mol. The molecule has 0 aromatic heterocycles. The molecule has 6 aliphatic heterocycles. The van der Waals surface area contributed by atoms with Crippen molar-refractivity contribution in [2.75, 3.05) is 33.0 Å². The van der Waals surface area contributed by atoms with E-state index in [0.29, 0.717) is 0 Å². The van der Waals surface area contributed by atoms with Crippen LogP contribution in [-0.4, -0.2) is 309 Å². The summed E-state index contributed by atoms with van der Waals surface area (Å²) in [6.07, 6.45) is -52.9. The Labute approximate surface area is 373 Å². The summed E-state index contributed by atoms with van der Waals surface area (Å²) in [4.78, 5) is 0. The first kappa shape index (κ1) is 54.1. The van der Waals surface area contributed by atoms with E-state index in [1.54, 1.807) is 0 Å². The van der Waals surface area contributed by atoms with Crippen LogP contribution in [0.3, 0.4) is 0 Å². The van der Waals surface area contributed by atoms with Gasteiger partial charge < -0.3 is 150 Å². The molecular formula is C36H63NO29. The molecule has 0 spiro atoms. The van der Waals surface area contributed by atoms with Gasteiger partial charge in [-0.2, -0.15) is 0 Å². The van der Waals surface area contributed by atoms with Crippen molar-refractivity contribution < 1.29 is 144 Å². The fraction of sp³-hybridized carbons (Fsp3) is 1.00. The highest BCUT2D eigenvalue weighted by atomic mass is 16.8. The van der Waals surface area contributed by atoms with E-state index >= 15 is 0 Å². The van der Waals surface area contributed by atoms with Crippen LogP contribution in [0.15, 0.2) is 0 Å². The zero-order chi connectivity index (χ0) is 48.6. The fourth-order valence-electron chi connectivity index (χ4n) is 8.49. The average Bonchev–Trinajstić information content (AvgIpc) is 3.30. The first-order valence-electron chi connectivity index (χ1n) is 21.1. The maximum Gasteiger partial charge on any atom is 0.187 e. The summed E-state index contributed by atoms with van der Waals surface area (Å²) in [6.45, 7) is -3.36. The number of ether oxygens (including phenoxy) is 11. The summed E-state index contributed by atoms with van der Waals surface area (Å²) in [5.41, 5.74) is 6.47. The second kappa shape index (κ2) is 22.9. The Bertz CT molecular complexity index is 1490. The van der Waals surface area contributed by atoms with Crippen molar-refractivity contribution >= 4 is 0 Å². The van der Waals surface area contributed by atoms with E-state index in [1.807, 2.05) is 0 Å². The highest BCUT2D eigenvalue weighted by Crippen LogP contribution is 2.36. The van der Waals surface area contributed by atoms with Crippen LogP contribution in [-0.2, 0) is 52.1 Å². The molecule has 6 heterocycles. The van der Waals surface area contributed by atoms with Gasteiger partial charge in [-0.3, -0.25) is 0 Å². The van der Waals surface area contributed by atoms with E-state index in [1.165, 1.54) is 6.92 Å². The Morgan fingerprint density at radius 1 is 0.318 bits per heavy atom. The third-order valence-electron chi connectivity index (χ3n) is 12.5. The maximum atomic E-state index is 11.5. The molecule has 20 N–H and O–H groups in total. The summed E-state index contributed by atoms with van der Waals surface area (Å²) >= 11 is 0. The Morgan fingerprint density at radius 2 is 0.697 bits per heavy atom. The van der Waals surface area contributed by atoms with Gasteiger partial charge in [-0.1, -0.05) is 0 Å². The van der Waals surface area contributed by atoms with E-state index in [2.05, 4.69) is 0 Å². The molecule has 30 heteroatoms. The number of nitrogens with two attached hydrogens (primary N) is 1. The predicted molar refractivity (Wildman–Crippen MR) is 200 cm³/mol. The van der Waals surface area contributed by atoms with E-state index < -0.39 is 217 Å². The smallest absolute Gasteiger partial charge is 0.187 e. The molecule has 30 atom stereocenters. The first-order chi connectivity index (χ1) is 31.2. The number of aliphatic hydroxyl groups is 18. The van der Waals surface area contributed by atoms with Crippen molar-refractivity contribution in [3.8, 4) is 0 Å². The molecule has 6 fully saturated rings. The van der Waals surface area contributed by atoms with Gasteiger partial charge in [0.2, 0.25) is 0 Å². The van der Waals surface area contributed by atoms with Gasteiger partial charge in [-0.05, 0) is 6.92 Å². The van der Waals surface area contributed by atoms with E-state index in [4.69, 9.17) is 57.8 Å². The summed E-state index contributed by atoms with van der Waals surface area (Å²) in [6, 6.07) is -1.73. The third-order valence-corrected chi connectivity index (χ3v) is 12.5. The number of hydrogen-bond acceptors (Lipinski definition) is 30. The van der Waals surface area contributed by atoms with Gasteiger partial charge in [-0.15, -0.1) is 0 Å². The lowest BCUT2D eigenvalue weighted by atomic mass is 9.94. The number of rotatable bonds is 15. The van der Waals surface area contributed by atoms with Crippen LogP contribution in [0.1, 0.15) is 6.92 Å². The zero-order valence-electron chi connectivity index (χ0n) is 35.0. The molecule has 30 nitrogen and oxygen atoms in total.